The van der Waals surface area contributed by atoms with Crippen molar-refractivity contribution in [2.45, 2.75) is 15.9 Å². The molecule has 102 valence electrons. The van der Waals surface area contributed by atoms with Gasteiger partial charge in [-0.25, -0.2) is 4.79 Å². The maximum atomic E-state index is 11.1. The van der Waals surface area contributed by atoms with E-state index >= 15 is 0 Å². The Balaban J connectivity index is 1.87. The van der Waals surface area contributed by atoms with E-state index in [1.54, 1.807) is 17.6 Å². The number of fused-ring (bicyclic) bond motifs is 1. The first kappa shape index (κ1) is 13.4. The molecule has 1 aliphatic rings. The minimum atomic E-state index is -1.07. The van der Waals surface area contributed by atoms with Crippen LogP contribution in [0.1, 0.15) is 15.9 Å². The smallest absolute Gasteiger partial charge is 0.535 e. The number of carboxylic acid groups (broad SMARTS) is 1. The lowest BCUT2D eigenvalue weighted by atomic mass is 9.77. The molecular weight excluding hydrogens is 299 g/mol. The third kappa shape index (κ3) is 2.51. The van der Waals surface area contributed by atoms with Gasteiger partial charge in [-0.15, -0.1) is 10.2 Å². The van der Waals surface area contributed by atoms with Crippen molar-refractivity contribution in [3.63, 3.8) is 0 Å². The van der Waals surface area contributed by atoms with E-state index < -0.39 is 13.1 Å². The number of thioether (sulfide) groups is 1. The molecule has 20 heavy (non-hydrogen) atoms. The van der Waals surface area contributed by atoms with E-state index in [0.29, 0.717) is 6.42 Å². The molecule has 3 rings (SSSR count). The highest BCUT2D eigenvalue weighted by Crippen LogP contribution is 2.36. The van der Waals surface area contributed by atoms with Gasteiger partial charge in [0, 0.05) is 0 Å². The molecule has 0 fully saturated rings. The molecule has 9 heteroatoms. The van der Waals surface area contributed by atoms with Crippen LogP contribution in [0.2, 0.25) is 0 Å². The highest BCUT2D eigenvalue weighted by molar-refractivity contribution is 8.02. The van der Waals surface area contributed by atoms with Crippen LogP contribution in [0.15, 0.2) is 28.0 Å². The summed E-state index contributed by atoms with van der Waals surface area (Å²) in [6, 6.07) is 4.95. The molecule has 1 aromatic carbocycles. The van der Waals surface area contributed by atoms with Gasteiger partial charge in [0.2, 0.25) is 0 Å². The third-order valence-electron chi connectivity index (χ3n) is 2.90. The summed E-state index contributed by atoms with van der Waals surface area (Å²) < 4.78 is 6.14. The maximum Gasteiger partial charge on any atom is 0.537 e. The predicted molar refractivity (Wildman–Crippen MR) is 75.3 cm³/mol. The summed E-state index contributed by atoms with van der Waals surface area (Å²) in [7, 11) is -1.07. The number of hydrogen-bond donors (Lipinski definition) is 2. The number of benzene rings is 1. The van der Waals surface area contributed by atoms with Gasteiger partial charge < -0.3 is 14.8 Å². The molecule has 0 radical (unpaired) electrons. The fourth-order valence-electron chi connectivity index (χ4n) is 2.01. The first-order valence-corrected chi connectivity index (χ1v) is 7.54. The summed E-state index contributed by atoms with van der Waals surface area (Å²) in [6.45, 7) is 0. The zero-order chi connectivity index (χ0) is 14.1. The average molecular weight is 308 g/mol. The summed E-state index contributed by atoms with van der Waals surface area (Å²) >= 11 is 2.77. The fraction of sp³-hybridized carbons (Fsp3) is 0.182. The Kier molecular flexibility index (Phi) is 3.64. The Morgan fingerprint density at radius 3 is 3.10 bits per heavy atom. The molecule has 0 amide bonds. The van der Waals surface area contributed by atoms with Crippen molar-refractivity contribution >= 4 is 36.2 Å². The standard InChI is InChI=1S/C11H9BN2O4S2/c15-10(16)7-3-1-2-6-4-8(12(17)18-9(6)7)20-11-14-13-5-19-11/h1-3,5,8,17H,4H2,(H,15,16). The number of hydrogen-bond acceptors (Lipinski definition) is 7. The SMILES string of the molecule is O=C(O)c1cccc2c1OB(O)C(Sc1nncs1)C2. The zero-order valence-electron chi connectivity index (χ0n) is 10.1. The van der Waals surface area contributed by atoms with Crippen LogP contribution < -0.4 is 4.65 Å². The molecule has 1 atom stereocenters. The van der Waals surface area contributed by atoms with Crippen LogP contribution in [0.4, 0.5) is 0 Å². The molecule has 1 aliphatic heterocycles. The quantitative estimate of drug-likeness (QED) is 0.827. The number of aromatic carboxylic acids is 1. The van der Waals surface area contributed by atoms with Crippen molar-refractivity contribution in [3.8, 4) is 5.75 Å². The van der Waals surface area contributed by atoms with E-state index in [4.69, 9.17) is 9.76 Å². The second-order valence-electron chi connectivity index (χ2n) is 4.17. The highest BCUT2D eigenvalue weighted by Gasteiger charge is 2.37. The molecule has 2 heterocycles. The Bertz CT molecular complexity index is 637. The minimum Gasteiger partial charge on any atom is -0.535 e. The van der Waals surface area contributed by atoms with Crippen LogP contribution in [0.5, 0.6) is 5.75 Å². The fourth-order valence-corrected chi connectivity index (χ4v) is 3.80. The summed E-state index contributed by atoms with van der Waals surface area (Å²) in [4.78, 5) is 11.1. The summed E-state index contributed by atoms with van der Waals surface area (Å²) in [5.74, 6) is -0.814. The van der Waals surface area contributed by atoms with E-state index in [2.05, 4.69) is 10.2 Å². The lowest BCUT2D eigenvalue weighted by Gasteiger charge is -2.27. The van der Waals surface area contributed by atoms with Gasteiger partial charge >= 0.3 is 13.1 Å². The molecule has 1 aromatic heterocycles. The van der Waals surface area contributed by atoms with Crippen molar-refractivity contribution in [3.05, 3.63) is 34.8 Å². The lowest BCUT2D eigenvalue weighted by Crippen LogP contribution is -2.40. The van der Waals surface area contributed by atoms with Gasteiger partial charge in [0.25, 0.3) is 0 Å². The van der Waals surface area contributed by atoms with E-state index in [0.717, 1.165) is 9.90 Å². The molecule has 6 nitrogen and oxygen atoms in total. The Morgan fingerprint density at radius 2 is 2.40 bits per heavy atom. The maximum absolute atomic E-state index is 11.1. The molecule has 0 saturated heterocycles. The van der Waals surface area contributed by atoms with Crippen LogP contribution in [0.3, 0.4) is 0 Å². The number of nitrogens with zero attached hydrogens (tertiary/aromatic N) is 2. The number of rotatable bonds is 3. The molecule has 0 aliphatic carbocycles. The first-order chi connectivity index (χ1) is 9.65. The second-order valence-corrected chi connectivity index (χ2v) is 6.49. The van der Waals surface area contributed by atoms with E-state index in [9.17, 15) is 9.82 Å². The average Bonchev–Trinajstić information content (AvgIpc) is 2.91. The van der Waals surface area contributed by atoms with E-state index in [1.807, 2.05) is 0 Å². The monoisotopic (exact) mass is 308 g/mol. The predicted octanol–water partition coefficient (Wildman–Crippen LogP) is 1.35. The van der Waals surface area contributed by atoms with Gasteiger partial charge in [-0.05, 0) is 18.1 Å². The van der Waals surface area contributed by atoms with Crippen LogP contribution >= 0.6 is 23.1 Å². The van der Waals surface area contributed by atoms with Gasteiger partial charge in [0.05, 0.1) is 10.7 Å². The van der Waals surface area contributed by atoms with Crippen LogP contribution in [0, 0.1) is 0 Å². The number of carbonyl (C=O) groups is 1. The van der Waals surface area contributed by atoms with Crippen molar-refractivity contribution < 1.29 is 19.6 Å². The molecular formula is C11H9BN2O4S2. The van der Waals surface area contributed by atoms with E-state index in [-0.39, 0.29) is 16.5 Å². The van der Waals surface area contributed by atoms with Gasteiger partial charge in [-0.3, -0.25) is 0 Å². The summed E-state index contributed by atoms with van der Waals surface area (Å²) in [6.07, 6.45) is 0.516. The first-order valence-electron chi connectivity index (χ1n) is 5.78. The molecule has 2 N–H and O–H groups in total. The van der Waals surface area contributed by atoms with Crippen molar-refractivity contribution in [1.29, 1.82) is 0 Å². The number of aromatic nitrogens is 2. The van der Waals surface area contributed by atoms with Gasteiger partial charge in [0.15, 0.2) is 4.34 Å². The normalized spacial score (nSPS) is 17.4. The molecule has 0 saturated carbocycles. The van der Waals surface area contributed by atoms with Gasteiger partial charge in [-0.2, -0.15) is 0 Å². The van der Waals surface area contributed by atoms with E-state index in [1.165, 1.54) is 29.2 Å². The summed E-state index contributed by atoms with van der Waals surface area (Å²) in [5, 5.41) is 26.6. The van der Waals surface area contributed by atoms with Gasteiger partial charge in [-0.1, -0.05) is 35.2 Å². The third-order valence-corrected chi connectivity index (χ3v) is 4.94. The summed E-state index contributed by atoms with van der Waals surface area (Å²) in [5.41, 5.74) is 2.47. The molecule has 0 bridgehead atoms. The largest absolute Gasteiger partial charge is 0.537 e. The Morgan fingerprint density at radius 1 is 1.55 bits per heavy atom. The number of para-hydroxylation sites is 1. The Hall–Kier alpha value is -1.58. The van der Waals surface area contributed by atoms with Crippen LogP contribution in [0.25, 0.3) is 0 Å². The molecule has 2 aromatic rings. The minimum absolute atomic E-state index is 0.0703. The van der Waals surface area contributed by atoms with Crippen LogP contribution in [-0.2, 0) is 6.42 Å². The number of carboxylic acids is 1. The van der Waals surface area contributed by atoms with Gasteiger partial charge in [0.1, 0.15) is 11.3 Å². The second kappa shape index (κ2) is 5.43. The van der Waals surface area contributed by atoms with Crippen molar-refractivity contribution in [2.24, 2.45) is 0 Å². The molecule has 0 spiro atoms. The van der Waals surface area contributed by atoms with Crippen LogP contribution in [-0.4, -0.2) is 38.6 Å². The topological polar surface area (TPSA) is 92.5 Å². The molecule has 1 unspecified atom stereocenters. The van der Waals surface area contributed by atoms with Crippen molar-refractivity contribution in [1.82, 2.24) is 10.2 Å². The Labute approximate surface area is 123 Å². The highest BCUT2D eigenvalue weighted by atomic mass is 32.2. The zero-order valence-corrected chi connectivity index (χ0v) is 11.7. The lowest BCUT2D eigenvalue weighted by molar-refractivity contribution is 0.0694. The van der Waals surface area contributed by atoms with Crippen molar-refractivity contribution in [2.75, 3.05) is 0 Å².